The number of imidazole rings is 1. The first-order chi connectivity index (χ1) is 8.88. The smallest absolute Gasteiger partial charge is 0.0960 e. The molecule has 1 aromatic carbocycles. The highest BCUT2D eigenvalue weighted by molar-refractivity contribution is 5.76. The third-order valence-corrected chi connectivity index (χ3v) is 3.75. The Morgan fingerprint density at radius 3 is 2.89 bits per heavy atom. The molecule has 0 amide bonds. The minimum atomic E-state index is 0.713. The van der Waals surface area contributed by atoms with Crippen molar-refractivity contribution in [2.45, 2.75) is 44.6 Å². The molecule has 3 rings (SSSR count). The van der Waals surface area contributed by atoms with E-state index in [0.717, 1.165) is 24.9 Å². The fourth-order valence-corrected chi connectivity index (χ4v) is 2.53. The monoisotopic (exact) mass is 243 g/mol. The highest BCUT2D eigenvalue weighted by atomic mass is 15.1. The van der Waals surface area contributed by atoms with Gasteiger partial charge in [0.15, 0.2) is 0 Å². The van der Waals surface area contributed by atoms with Crippen LogP contribution >= 0.6 is 0 Å². The summed E-state index contributed by atoms with van der Waals surface area (Å²) in [5.41, 5.74) is 9.36. The second-order valence-corrected chi connectivity index (χ2v) is 5.31. The number of hydrogen-bond acceptors (Lipinski definition) is 2. The molecule has 2 aromatic rings. The molecule has 0 bridgehead atoms. The van der Waals surface area contributed by atoms with E-state index in [1.165, 1.54) is 36.8 Å². The van der Waals surface area contributed by atoms with Gasteiger partial charge in [-0.2, -0.15) is 0 Å². The summed E-state index contributed by atoms with van der Waals surface area (Å²) in [5.74, 6) is 0. The van der Waals surface area contributed by atoms with Crippen LogP contribution in [0.1, 0.15) is 43.7 Å². The Labute approximate surface area is 108 Å². The van der Waals surface area contributed by atoms with Gasteiger partial charge in [0.1, 0.15) is 0 Å². The lowest BCUT2D eigenvalue weighted by molar-refractivity contribution is 0.687. The van der Waals surface area contributed by atoms with E-state index < -0.39 is 0 Å². The van der Waals surface area contributed by atoms with E-state index in [0.29, 0.717) is 6.04 Å². The summed E-state index contributed by atoms with van der Waals surface area (Å²) in [4.78, 5) is 4.53. The molecule has 3 heteroatoms. The number of unbranched alkanes of at least 4 members (excludes halogenated alkanes) is 2. The quantitative estimate of drug-likeness (QED) is 0.792. The van der Waals surface area contributed by atoms with Crippen LogP contribution in [0.5, 0.6) is 0 Å². The zero-order valence-electron chi connectivity index (χ0n) is 10.8. The van der Waals surface area contributed by atoms with Crippen molar-refractivity contribution in [2.75, 3.05) is 6.54 Å². The Bertz CT molecular complexity index is 526. The molecule has 1 aromatic heterocycles. The molecule has 18 heavy (non-hydrogen) atoms. The number of fused-ring (bicyclic) bond motifs is 1. The Morgan fingerprint density at radius 2 is 2.11 bits per heavy atom. The number of nitrogens with zero attached hydrogens (tertiary/aromatic N) is 2. The molecule has 0 atom stereocenters. The third kappa shape index (κ3) is 2.41. The normalized spacial score (nSPS) is 15.4. The maximum Gasteiger partial charge on any atom is 0.0960 e. The van der Waals surface area contributed by atoms with E-state index >= 15 is 0 Å². The topological polar surface area (TPSA) is 43.8 Å². The van der Waals surface area contributed by atoms with Crippen molar-refractivity contribution in [3.63, 3.8) is 0 Å². The summed E-state index contributed by atoms with van der Waals surface area (Å²) in [6.07, 6.45) is 9.36. The highest BCUT2D eigenvalue weighted by Crippen LogP contribution is 2.37. The van der Waals surface area contributed by atoms with Crippen LogP contribution in [0.25, 0.3) is 11.0 Å². The summed E-state index contributed by atoms with van der Waals surface area (Å²) in [7, 11) is 0. The second-order valence-electron chi connectivity index (χ2n) is 5.31. The van der Waals surface area contributed by atoms with Gasteiger partial charge in [-0.1, -0.05) is 12.5 Å². The minimum Gasteiger partial charge on any atom is -0.330 e. The Balaban J connectivity index is 1.71. The van der Waals surface area contributed by atoms with E-state index in [1.807, 2.05) is 6.33 Å². The molecular weight excluding hydrogens is 222 g/mol. The molecule has 3 nitrogen and oxygen atoms in total. The summed E-state index contributed by atoms with van der Waals surface area (Å²) in [6, 6.07) is 7.45. The van der Waals surface area contributed by atoms with E-state index in [1.54, 1.807) is 0 Å². The van der Waals surface area contributed by atoms with Crippen molar-refractivity contribution in [1.82, 2.24) is 9.55 Å². The van der Waals surface area contributed by atoms with Crippen molar-refractivity contribution in [3.8, 4) is 0 Å². The first-order valence-electron chi connectivity index (χ1n) is 7.04. The minimum absolute atomic E-state index is 0.713. The number of aromatic nitrogens is 2. The van der Waals surface area contributed by atoms with Crippen molar-refractivity contribution in [1.29, 1.82) is 0 Å². The second kappa shape index (κ2) is 5.11. The maximum absolute atomic E-state index is 5.51. The molecule has 1 heterocycles. The lowest BCUT2D eigenvalue weighted by Crippen LogP contribution is -1.98. The van der Waals surface area contributed by atoms with Crippen molar-refractivity contribution >= 4 is 11.0 Å². The average molecular weight is 243 g/mol. The zero-order valence-corrected chi connectivity index (χ0v) is 10.8. The first kappa shape index (κ1) is 11.7. The van der Waals surface area contributed by atoms with Crippen LogP contribution in [0, 0.1) is 0 Å². The van der Waals surface area contributed by atoms with Gasteiger partial charge in [-0.3, -0.25) is 0 Å². The average Bonchev–Trinajstić information content (AvgIpc) is 3.15. The van der Waals surface area contributed by atoms with Crippen molar-refractivity contribution < 1.29 is 0 Å². The summed E-state index contributed by atoms with van der Waals surface area (Å²) >= 11 is 0. The zero-order chi connectivity index (χ0) is 12.4. The van der Waals surface area contributed by atoms with Gasteiger partial charge < -0.3 is 10.3 Å². The van der Waals surface area contributed by atoms with Gasteiger partial charge in [0.2, 0.25) is 0 Å². The molecule has 1 aliphatic rings. The van der Waals surface area contributed by atoms with Gasteiger partial charge in [-0.25, -0.2) is 4.98 Å². The molecular formula is C15H21N3. The van der Waals surface area contributed by atoms with Crippen LogP contribution in [-0.4, -0.2) is 16.1 Å². The molecule has 2 N–H and O–H groups in total. The standard InChI is InChI=1S/C15H21N3/c16-9-3-1-2-4-12-5-8-15-14(10-12)17-11-18(15)13-6-7-13/h5,8,10-11,13H,1-4,6-7,9,16H2. The van der Waals surface area contributed by atoms with Gasteiger partial charge in [0, 0.05) is 6.04 Å². The van der Waals surface area contributed by atoms with E-state index in [2.05, 4.69) is 27.8 Å². The van der Waals surface area contributed by atoms with Crippen LogP contribution in [0.15, 0.2) is 24.5 Å². The summed E-state index contributed by atoms with van der Waals surface area (Å²) in [6.45, 7) is 0.810. The van der Waals surface area contributed by atoms with Gasteiger partial charge >= 0.3 is 0 Å². The first-order valence-corrected chi connectivity index (χ1v) is 7.04. The molecule has 1 saturated carbocycles. The molecule has 0 aliphatic heterocycles. The number of rotatable bonds is 6. The predicted octanol–water partition coefficient (Wildman–Crippen LogP) is 3.04. The van der Waals surface area contributed by atoms with Gasteiger partial charge in [-0.05, 0) is 56.3 Å². The molecule has 0 radical (unpaired) electrons. The molecule has 1 fully saturated rings. The lowest BCUT2D eigenvalue weighted by Gasteiger charge is -2.03. The maximum atomic E-state index is 5.51. The van der Waals surface area contributed by atoms with Gasteiger partial charge in [-0.15, -0.1) is 0 Å². The largest absolute Gasteiger partial charge is 0.330 e. The molecule has 96 valence electrons. The number of aryl methyl sites for hydroxylation is 1. The molecule has 0 unspecified atom stereocenters. The van der Waals surface area contributed by atoms with Crippen LogP contribution in [0.2, 0.25) is 0 Å². The van der Waals surface area contributed by atoms with E-state index in [4.69, 9.17) is 5.73 Å². The molecule has 0 spiro atoms. The van der Waals surface area contributed by atoms with Gasteiger partial charge in [0.25, 0.3) is 0 Å². The number of benzene rings is 1. The predicted molar refractivity (Wildman–Crippen MR) is 74.6 cm³/mol. The lowest BCUT2D eigenvalue weighted by atomic mass is 10.1. The Morgan fingerprint density at radius 1 is 1.22 bits per heavy atom. The van der Waals surface area contributed by atoms with Crippen LogP contribution < -0.4 is 5.73 Å². The van der Waals surface area contributed by atoms with Gasteiger partial charge in [0.05, 0.1) is 17.4 Å². The third-order valence-electron chi connectivity index (χ3n) is 3.75. The van der Waals surface area contributed by atoms with Crippen molar-refractivity contribution in [2.24, 2.45) is 5.73 Å². The van der Waals surface area contributed by atoms with Crippen LogP contribution in [0.4, 0.5) is 0 Å². The SMILES string of the molecule is NCCCCCc1ccc2c(c1)ncn2C1CC1. The number of hydrogen-bond donors (Lipinski definition) is 1. The fraction of sp³-hybridized carbons (Fsp3) is 0.533. The van der Waals surface area contributed by atoms with Crippen LogP contribution in [-0.2, 0) is 6.42 Å². The molecule has 0 saturated heterocycles. The highest BCUT2D eigenvalue weighted by Gasteiger charge is 2.24. The Kier molecular flexibility index (Phi) is 3.33. The summed E-state index contributed by atoms with van der Waals surface area (Å²) < 4.78 is 2.33. The number of nitrogens with two attached hydrogens (primary N) is 1. The summed E-state index contributed by atoms with van der Waals surface area (Å²) in [5, 5.41) is 0. The Hall–Kier alpha value is -1.35. The van der Waals surface area contributed by atoms with Crippen LogP contribution in [0.3, 0.4) is 0 Å². The fourth-order valence-electron chi connectivity index (χ4n) is 2.53. The van der Waals surface area contributed by atoms with Crippen molar-refractivity contribution in [3.05, 3.63) is 30.1 Å². The van der Waals surface area contributed by atoms with E-state index in [-0.39, 0.29) is 0 Å². The van der Waals surface area contributed by atoms with E-state index in [9.17, 15) is 0 Å². The molecule has 1 aliphatic carbocycles.